The van der Waals surface area contributed by atoms with E-state index in [-0.39, 0.29) is 0 Å². The van der Waals surface area contributed by atoms with Gasteiger partial charge in [0.25, 0.3) is 0 Å². The highest BCUT2D eigenvalue weighted by Gasteiger charge is 2.06. The molecule has 0 unspecified atom stereocenters. The van der Waals surface area contributed by atoms with E-state index in [0.29, 0.717) is 26.4 Å². The molecule has 0 aromatic heterocycles. The van der Waals surface area contributed by atoms with Crippen LogP contribution in [0.25, 0.3) is 0 Å². The van der Waals surface area contributed by atoms with Crippen molar-refractivity contribution in [1.29, 1.82) is 0 Å². The smallest absolute Gasteiger partial charge is 0.149 e. The molecule has 1 aromatic rings. The van der Waals surface area contributed by atoms with Crippen LogP contribution in [0, 0.1) is 25.7 Å². The summed E-state index contributed by atoms with van der Waals surface area (Å²) >= 11 is 0. The first-order valence-electron chi connectivity index (χ1n) is 8.16. The predicted octanol–water partition coefficient (Wildman–Crippen LogP) is 3.68. The minimum absolute atomic E-state index is 0.314. The quantitative estimate of drug-likeness (QED) is 0.225. The first-order valence-corrected chi connectivity index (χ1v) is 8.16. The van der Waals surface area contributed by atoms with Gasteiger partial charge in [-0.15, -0.1) is 0 Å². The monoisotopic (exact) mass is 345 g/mol. The highest BCUT2D eigenvalue weighted by atomic mass is 16.6. The van der Waals surface area contributed by atoms with Crippen LogP contribution in [0.15, 0.2) is 29.4 Å². The van der Waals surface area contributed by atoms with Gasteiger partial charge < -0.3 is 19.0 Å². The van der Waals surface area contributed by atoms with Gasteiger partial charge in [-0.2, -0.15) is 0 Å². The second-order valence-corrected chi connectivity index (χ2v) is 5.41. The van der Waals surface area contributed by atoms with Crippen molar-refractivity contribution in [2.45, 2.75) is 27.7 Å². The molecule has 0 N–H and O–H groups in total. The van der Waals surface area contributed by atoms with E-state index >= 15 is 0 Å². The highest BCUT2D eigenvalue weighted by molar-refractivity contribution is 5.82. The molecule has 0 aliphatic carbocycles. The predicted molar refractivity (Wildman–Crippen MR) is 100 cm³/mol. The Morgan fingerprint density at radius 2 is 1.80 bits per heavy atom. The zero-order valence-corrected chi connectivity index (χ0v) is 15.7. The van der Waals surface area contributed by atoms with E-state index in [0.717, 1.165) is 28.3 Å². The number of benzene rings is 1. The third-order valence-electron chi connectivity index (χ3n) is 3.16. The summed E-state index contributed by atoms with van der Waals surface area (Å²) in [6.07, 6.45) is 3.93. The van der Waals surface area contributed by atoms with Crippen molar-refractivity contribution in [1.82, 2.24) is 0 Å². The summed E-state index contributed by atoms with van der Waals surface area (Å²) in [6.45, 7) is 9.41. The molecule has 5 heteroatoms. The molecule has 25 heavy (non-hydrogen) atoms. The van der Waals surface area contributed by atoms with Gasteiger partial charge in [-0.3, -0.25) is 0 Å². The number of nitrogens with zero attached hydrogens (tertiary/aromatic N) is 1. The standard InChI is InChI=1S/C20H27NO4/c1-6-7-11-24-19-13-16(2)20(17(3)14-19)25-12-9-8-10-23-15-18(4)21-22-5/h6-7,13-14H,10-12,15H2,1-5H3/b7-6+,21-18+. The van der Waals surface area contributed by atoms with E-state index in [2.05, 4.69) is 21.8 Å². The number of aryl methyl sites for hydroxylation is 2. The summed E-state index contributed by atoms with van der Waals surface area (Å²) in [7, 11) is 1.51. The maximum atomic E-state index is 5.77. The number of rotatable bonds is 9. The van der Waals surface area contributed by atoms with Crippen LogP contribution in [0.3, 0.4) is 0 Å². The lowest BCUT2D eigenvalue weighted by Gasteiger charge is -2.12. The summed E-state index contributed by atoms with van der Waals surface area (Å²) in [5.41, 5.74) is 2.82. The molecule has 0 aliphatic heterocycles. The van der Waals surface area contributed by atoms with Gasteiger partial charge in [-0.05, 0) is 51.0 Å². The summed E-state index contributed by atoms with van der Waals surface area (Å²) in [6, 6.07) is 3.95. The lowest BCUT2D eigenvalue weighted by molar-refractivity contribution is 0.188. The fourth-order valence-corrected chi connectivity index (χ4v) is 2.10. The molecule has 0 atom stereocenters. The Morgan fingerprint density at radius 1 is 1.12 bits per heavy atom. The van der Waals surface area contributed by atoms with Gasteiger partial charge in [0.15, 0.2) is 0 Å². The molecule has 0 radical (unpaired) electrons. The Bertz CT molecular complexity index is 630. The molecule has 0 saturated heterocycles. The van der Waals surface area contributed by atoms with Gasteiger partial charge in [0.2, 0.25) is 0 Å². The Hall–Kier alpha value is -2.45. The molecule has 0 bridgehead atoms. The van der Waals surface area contributed by atoms with Crippen LogP contribution in [0.2, 0.25) is 0 Å². The van der Waals surface area contributed by atoms with Gasteiger partial charge in [0.1, 0.15) is 38.4 Å². The summed E-state index contributed by atoms with van der Waals surface area (Å²) < 4.78 is 16.8. The van der Waals surface area contributed by atoms with Crippen molar-refractivity contribution < 1.29 is 19.0 Å². The highest BCUT2D eigenvalue weighted by Crippen LogP contribution is 2.28. The zero-order valence-electron chi connectivity index (χ0n) is 15.7. The van der Waals surface area contributed by atoms with Crippen LogP contribution in [0.1, 0.15) is 25.0 Å². The average Bonchev–Trinajstić information content (AvgIpc) is 2.56. The molecule has 0 aliphatic rings. The first-order chi connectivity index (χ1) is 12.1. The van der Waals surface area contributed by atoms with Crippen LogP contribution in [-0.2, 0) is 9.57 Å². The topological polar surface area (TPSA) is 49.3 Å². The van der Waals surface area contributed by atoms with E-state index in [1.54, 1.807) is 0 Å². The molecule has 136 valence electrons. The molecule has 1 aromatic carbocycles. The lowest BCUT2D eigenvalue weighted by Crippen LogP contribution is -2.05. The minimum atomic E-state index is 0.314. The summed E-state index contributed by atoms with van der Waals surface area (Å²) in [4.78, 5) is 4.65. The molecule has 5 nitrogen and oxygen atoms in total. The number of allylic oxidation sites excluding steroid dienone is 1. The maximum Gasteiger partial charge on any atom is 0.149 e. The van der Waals surface area contributed by atoms with Crippen molar-refractivity contribution in [3.05, 3.63) is 35.4 Å². The Labute approximate surface area is 150 Å². The van der Waals surface area contributed by atoms with Gasteiger partial charge >= 0.3 is 0 Å². The zero-order chi connectivity index (χ0) is 18.5. The molecule has 0 saturated carbocycles. The van der Waals surface area contributed by atoms with E-state index in [1.807, 2.05) is 52.0 Å². The van der Waals surface area contributed by atoms with Crippen molar-refractivity contribution in [3.8, 4) is 23.3 Å². The lowest BCUT2D eigenvalue weighted by atomic mass is 10.1. The second kappa shape index (κ2) is 12.0. The SMILES string of the molecule is C/C=C/COc1cc(C)c(OCC#CCOC/C(C)=N/OC)c(C)c1. The second-order valence-electron chi connectivity index (χ2n) is 5.41. The van der Waals surface area contributed by atoms with E-state index in [9.17, 15) is 0 Å². The average molecular weight is 345 g/mol. The maximum absolute atomic E-state index is 5.77. The molecular formula is C20H27NO4. The summed E-state index contributed by atoms with van der Waals surface area (Å²) in [5, 5.41) is 3.75. The van der Waals surface area contributed by atoms with Gasteiger partial charge in [0.05, 0.1) is 12.3 Å². The number of hydrogen-bond donors (Lipinski definition) is 0. The minimum Gasteiger partial charge on any atom is -0.490 e. The van der Waals surface area contributed by atoms with Crippen LogP contribution in [-0.4, -0.2) is 39.2 Å². The van der Waals surface area contributed by atoms with Crippen molar-refractivity contribution in [2.24, 2.45) is 5.16 Å². The van der Waals surface area contributed by atoms with Crippen LogP contribution < -0.4 is 9.47 Å². The van der Waals surface area contributed by atoms with E-state index in [1.165, 1.54) is 7.11 Å². The largest absolute Gasteiger partial charge is 0.490 e. The summed E-state index contributed by atoms with van der Waals surface area (Å²) in [5.74, 6) is 7.54. The van der Waals surface area contributed by atoms with Crippen LogP contribution in [0.4, 0.5) is 0 Å². The normalized spacial score (nSPS) is 11.2. The van der Waals surface area contributed by atoms with Crippen molar-refractivity contribution in [3.63, 3.8) is 0 Å². The number of oxime groups is 1. The third kappa shape index (κ3) is 8.27. The first kappa shape index (κ1) is 20.6. The van der Waals surface area contributed by atoms with Crippen LogP contribution >= 0.6 is 0 Å². The molecule has 0 amide bonds. The fraction of sp³-hybridized carbons (Fsp3) is 0.450. The Kier molecular flexibility index (Phi) is 9.88. The molecule has 0 fully saturated rings. The van der Waals surface area contributed by atoms with Gasteiger partial charge in [0, 0.05) is 0 Å². The Balaban J connectivity index is 2.45. The molecule has 1 rings (SSSR count). The third-order valence-corrected chi connectivity index (χ3v) is 3.16. The number of ether oxygens (including phenoxy) is 3. The molecular weight excluding hydrogens is 318 g/mol. The van der Waals surface area contributed by atoms with Crippen LogP contribution in [0.5, 0.6) is 11.5 Å². The Morgan fingerprint density at radius 3 is 2.44 bits per heavy atom. The van der Waals surface area contributed by atoms with Crippen molar-refractivity contribution in [2.75, 3.05) is 33.5 Å². The van der Waals surface area contributed by atoms with Crippen molar-refractivity contribution >= 4 is 5.71 Å². The van der Waals surface area contributed by atoms with E-state index < -0.39 is 0 Å². The van der Waals surface area contributed by atoms with Gasteiger partial charge in [-0.1, -0.05) is 29.1 Å². The van der Waals surface area contributed by atoms with Gasteiger partial charge in [-0.25, -0.2) is 0 Å². The number of hydrogen-bond acceptors (Lipinski definition) is 5. The van der Waals surface area contributed by atoms with E-state index in [4.69, 9.17) is 14.2 Å². The fourth-order valence-electron chi connectivity index (χ4n) is 2.10. The molecule has 0 spiro atoms. The molecule has 0 heterocycles.